The quantitative estimate of drug-likeness (QED) is 0.308. The molecule has 0 saturated heterocycles. The number of amides is 2. The van der Waals surface area contributed by atoms with Crippen LogP contribution < -0.4 is 10.7 Å². The Morgan fingerprint density at radius 2 is 1.71 bits per heavy atom. The normalized spacial score (nSPS) is 11.3. The molecule has 7 heteroatoms. The summed E-state index contributed by atoms with van der Waals surface area (Å²) in [5.74, 6) is -1.07. The molecule has 0 aliphatic carbocycles. The van der Waals surface area contributed by atoms with Crippen molar-refractivity contribution in [1.29, 1.82) is 0 Å². The number of benzene rings is 3. The van der Waals surface area contributed by atoms with E-state index in [4.69, 9.17) is 0 Å². The van der Waals surface area contributed by atoms with E-state index in [9.17, 15) is 19.5 Å². The van der Waals surface area contributed by atoms with Crippen molar-refractivity contribution < 1.29 is 19.5 Å². The molecule has 0 spiro atoms. The molecule has 3 N–H and O–H groups in total. The number of ketones is 1. The van der Waals surface area contributed by atoms with E-state index in [0.29, 0.717) is 23.2 Å². The number of hydrogen-bond donors (Lipinski definition) is 3. The minimum atomic E-state index is -0.555. The van der Waals surface area contributed by atoms with Gasteiger partial charge in [-0.2, -0.15) is 5.10 Å². The molecule has 3 aromatic rings. The summed E-state index contributed by atoms with van der Waals surface area (Å²) in [5.41, 5.74) is 6.00. The number of aryl methyl sites for hydroxylation is 2. The fraction of sp³-hybridized carbons (Fsp3) is 0.259. The third kappa shape index (κ3) is 6.28. The zero-order valence-electron chi connectivity index (χ0n) is 19.6. The summed E-state index contributed by atoms with van der Waals surface area (Å²) in [6, 6.07) is 16.1. The van der Waals surface area contributed by atoms with Crippen LogP contribution in [0.15, 0.2) is 59.7 Å². The lowest BCUT2D eigenvalue weighted by molar-refractivity contribution is -0.122. The van der Waals surface area contributed by atoms with E-state index in [1.807, 2.05) is 51.1 Å². The van der Waals surface area contributed by atoms with Gasteiger partial charge in [-0.05, 0) is 60.4 Å². The molecule has 0 radical (unpaired) electrons. The Hall–Kier alpha value is -4.00. The first-order valence-electron chi connectivity index (χ1n) is 11.2. The monoisotopic (exact) mass is 459 g/mol. The van der Waals surface area contributed by atoms with Gasteiger partial charge in [0.25, 0.3) is 5.91 Å². The molecule has 0 aliphatic heterocycles. The maximum atomic E-state index is 12.7. The van der Waals surface area contributed by atoms with Crippen molar-refractivity contribution in [2.75, 3.05) is 5.32 Å². The number of rotatable bonds is 9. The van der Waals surface area contributed by atoms with Crippen LogP contribution in [-0.4, -0.2) is 28.4 Å². The van der Waals surface area contributed by atoms with Gasteiger partial charge in [0.1, 0.15) is 11.5 Å². The number of hydrazone groups is 1. The Morgan fingerprint density at radius 3 is 2.44 bits per heavy atom. The summed E-state index contributed by atoms with van der Waals surface area (Å²) in [6.07, 6.45) is 0.643. The first-order chi connectivity index (χ1) is 16.3. The van der Waals surface area contributed by atoms with Crippen LogP contribution >= 0.6 is 0 Å². The second-order valence-corrected chi connectivity index (χ2v) is 8.22. The fourth-order valence-corrected chi connectivity index (χ4v) is 3.54. The summed E-state index contributed by atoms with van der Waals surface area (Å²) >= 11 is 0. The highest BCUT2D eigenvalue weighted by Gasteiger charge is 2.16. The second-order valence-electron chi connectivity index (χ2n) is 8.22. The van der Waals surface area contributed by atoms with Crippen LogP contribution in [0.5, 0.6) is 5.75 Å². The molecular weight excluding hydrogens is 430 g/mol. The third-order valence-corrected chi connectivity index (χ3v) is 5.68. The van der Waals surface area contributed by atoms with Crippen molar-refractivity contribution in [1.82, 2.24) is 5.43 Å². The van der Waals surface area contributed by atoms with Gasteiger partial charge < -0.3 is 10.4 Å². The number of carbonyl (C=O) groups is 3. The van der Waals surface area contributed by atoms with Gasteiger partial charge in [0.15, 0.2) is 0 Å². The third-order valence-electron chi connectivity index (χ3n) is 5.68. The van der Waals surface area contributed by atoms with E-state index in [2.05, 4.69) is 15.8 Å². The molecule has 0 fully saturated rings. The Balaban J connectivity index is 1.56. The molecule has 0 aliphatic rings. The van der Waals surface area contributed by atoms with Crippen LogP contribution in [-0.2, 0) is 9.59 Å². The number of phenolic OH excluding ortho intramolecular Hbond substituents is 1. The summed E-state index contributed by atoms with van der Waals surface area (Å²) < 4.78 is 0. The van der Waals surface area contributed by atoms with Crippen molar-refractivity contribution in [3.8, 4) is 5.75 Å². The highest BCUT2D eigenvalue weighted by Crippen LogP contribution is 2.27. The van der Waals surface area contributed by atoms with Crippen molar-refractivity contribution in [3.05, 3.63) is 71.3 Å². The first-order valence-corrected chi connectivity index (χ1v) is 11.2. The van der Waals surface area contributed by atoms with E-state index in [-0.39, 0.29) is 42.3 Å². The van der Waals surface area contributed by atoms with Crippen LogP contribution in [0.4, 0.5) is 5.69 Å². The highest BCUT2D eigenvalue weighted by molar-refractivity contribution is 6.10. The summed E-state index contributed by atoms with van der Waals surface area (Å²) in [5, 5.41) is 18.5. The predicted octanol–water partition coefficient (Wildman–Crippen LogP) is 5.04. The number of Topliss-reactive ketones (excluding diaryl/α,β-unsaturated/α-hetero) is 1. The number of aromatic hydroxyl groups is 1. The van der Waals surface area contributed by atoms with Gasteiger partial charge in [-0.3, -0.25) is 14.4 Å². The molecule has 7 nitrogen and oxygen atoms in total. The molecule has 0 bridgehead atoms. The number of anilines is 1. The van der Waals surface area contributed by atoms with Gasteiger partial charge in [0.05, 0.1) is 5.56 Å². The molecule has 2 amide bonds. The lowest BCUT2D eigenvalue weighted by Gasteiger charge is -2.09. The lowest BCUT2D eigenvalue weighted by Crippen LogP contribution is -2.21. The Bertz CT molecular complexity index is 1260. The van der Waals surface area contributed by atoms with Crippen LogP contribution in [0, 0.1) is 13.8 Å². The predicted molar refractivity (Wildman–Crippen MR) is 134 cm³/mol. The van der Waals surface area contributed by atoms with Gasteiger partial charge in [-0.25, -0.2) is 5.43 Å². The van der Waals surface area contributed by atoms with Crippen molar-refractivity contribution in [2.45, 2.75) is 46.5 Å². The Labute approximate surface area is 198 Å². The number of carbonyl (C=O) groups excluding carboxylic acids is 3. The van der Waals surface area contributed by atoms with Crippen LogP contribution in [0.1, 0.15) is 54.1 Å². The fourth-order valence-electron chi connectivity index (χ4n) is 3.54. The average molecular weight is 460 g/mol. The van der Waals surface area contributed by atoms with Crippen LogP contribution in [0.2, 0.25) is 0 Å². The molecule has 34 heavy (non-hydrogen) atoms. The Kier molecular flexibility index (Phi) is 8.14. The molecule has 0 aromatic heterocycles. The largest absolute Gasteiger partial charge is 0.507 e. The van der Waals surface area contributed by atoms with Crippen LogP contribution in [0.3, 0.4) is 0 Å². The lowest BCUT2D eigenvalue weighted by atomic mass is 10.0. The van der Waals surface area contributed by atoms with Gasteiger partial charge in [0.2, 0.25) is 5.91 Å². The number of phenols is 1. The first kappa shape index (κ1) is 24.6. The highest BCUT2D eigenvalue weighted by atomic mass is 16.3. The molecule has 0 unspecified atom stereocenters. The van der Waals surface area contributed by atoms with Gasteiger partial charge >= 0.3 is 0 Å². The number of hydrogen-bond acceptors (Lipinski definition) is 5. The number of nitrogens with one attached hydrogen (secondary N) is 2. The molecule has 176 valence electrons. The van der Waals surface area contributed by atoms with E-state index < -0.39 is 5.91 Å². The SMILES string of the molecule is CCC(CC(=O)CCC(=O)Nc1ccc(C)c(C)c1)=NNC(=O)c1c(O)ccc2ccccc12. The van der Waals surface area contributed by atoms with E-state index in [1.165, 1.54) is 6.07 Å². The van der Waals surface area contributed by atoms with Crippen molar-refractivity contribution >= 4 is 39.8 Å². The molecule has 3 rings (SSSR count). The van der Waals surface area contributed by atoms with Crippen molar-refractivity contribution in [3.63, 3.8) is 0 Å². The zero-order chi connectivity index (χ0) is 24.7. The summed E-state index contributed by atoms with van der Waals surface area (Å²) in [6.45, 7) is 5.81. The minimum absolute atomic E-state index is 0.0369. The number of nitrogens with zero attached hydrogens (tertiary/aromatic N) is 1. The number of fused-ring (bicyclic) bond motifs is 1. The van der Waals surface area contributed by atoms with E-state index >= 15 is 0 Å². The average Bonchev–Trinajstić information content (AvgIpc) is 2.82. The topological polar surface area (TPSA) is 108 Å². The van der Waals surface area contributed by atoms with E-state index in [1.54, 1.807) is 18.2 Å². The second kappa shape index (κ2) is 11.2. The van der Waals surface area contributed by atoms with Gasteiger partial charge in [-0.1, -0.05) is 43.3 Å². The summed E-state index contributed by atoms with van der Waals surface area (Å²) in [7, 11) is 0. The van der Waals surface area contributed by atoms with Gasteiger partial charge in [-0.15, -0.1) is 0 Å². The van der Waals surface area contributed by atoms with Crippen LogP contribution in [0.25, 0.3) is 10.8 Å². The smallest absolute Gasteiger partial charge is 0.275 e. The standard InChI is InChI=1S/C27H29N3O4/c1-4-20(16-22(31)12-14-25(33)28-21-11-9-17(2)18(3)15-21)29-30-27(34)26-23-8-6-5-7-19(23)10-13-24(26)32/h5-11,13,15,32H,4,12,14,16H2,1-3H3,(H,28,33)(H,30,34). The zero-order valence-corrected chi connectivity index (χ0v) is 19.6. The minimum Gasteiger partial charge on any atom is -0.507 e. The van der Waals surface area contributed by atoms with E-state index in [0.717, 1.165) is 16.5 Å². The molecule has 0 saturated carbocycles. The maximum absolute atomic E-state index is 12.7. The molecular formula is C27H29N3O4. The molecule has 0 atom stereocenters. The van der Waals surface area contributed by atoms with Gasteiger partial charge in [0, 0.05) is 30.7 Å². The molecule has 3 aromatic carbocycles. The van der Waals surface area contributed by atoms with Crippen molar-refractivity contribution in [2.24, 2.45) is 5.10 Å². The maximum Gasteiger partial charge on any atom is 0.275 e. The Morgan fingerprint density at radius 1 is 0.941 bits per heavy atom. The summed E-state index contributed by atoms with van der Waals surface area (Å²) in [4.78, 5) is 37.3. The molecule has 0 heterocycles.